The van der Waals surface area contributed by atoms with Gasteiger partial charge in [0.2, 0.25) is 0 Å². The summed E-state index contributed by atoms with van der Waals surface area (Å²) in [6.07, 6.45) is 0. The zero-order valence-corrected chi connectivity index (χ0v) is 46.2. The summed E-state index contributed by atoms with van der Waals surface area (Å²) in [6, 6.07) is 77.4. The molecule has 0 fully saturated rings. The zero-order valence-electron chi connectivity index (χ0n) is 45.4. The predicted molar refractivity (Wildman–Crippen MR) is 326 cm³/mol. The van der Waals surface area contributed by atoms with E-state index in [2.05, 4.69) is 291 Å². The van der Waals surface area contributed by atoms with Crippen LogP contribution in [0.2, 0.25) is 0 Å². The highest BCUT2D eigenvalue weighted by atomic mass is 32.1. The van der Waals surface area contributed by atoms with Crippen molar-refractivity contribution in [3.8, 4) is 44.5 Å². The van der Waals surface area contributed by atoms with Crippen LogP contribution in [-0.2, 0) is 21.7 Å². The van der Waals surface area contributed by atoms with Crippen LogP contribution in [0, 0.1) is 6.92 Å². The minimum atomic E-state index is -0.470. The van der Waals surface area contributed by atoms with E-state index >= 15 is 0 Å². The first kappa shape index (κ1) is 46.8. The smallest absolute Gasteiger partial charge is 0.264 e. The number of anilines is 6. The quantitative estimate of drug-likeness (QED) is 0.162. The van der Waals surface area contributed by atoms with E-state index in [4.69, 9.17) is 0 Å². The van der Waals surface area contributed by atoms with Crippen LogP contribution in [0.5, 0.6) is 0 Å². The molecule has 1 aromatic heterocycles. The van der Waals surface area contributed by atoms with Gasteiger partial charge in [-0.3, -0.25) is 0 Å². The number of aryl methyl sites for hydroxylation is 1. The highest BCUT2D eigenvalue weighted by Gasteiger charge is 2.57. The second-order valence-electron chi connectivity index (χ2n) is 25.0. The summed E-state index contributed by atoms with van der Waals surface area (Å²) < 4.78 is 1.40. The van der Waals surface area contributed by atoms with Gasteiger partial charge in [-0.1, -0.05) is 220 Å². The third-order valence-electron chi connectivity index (χ3n) is 17.2. The Bertz CT molecular complexity index is 3960. The fourth-order valence-electron chi connectivity index (χ4n) is 13.4. The van der Waals surface area contributed by atoms with Crippen LogP contribution in [0.15, 0.2) is 200 Å². The largest absolute Gasteiger partial charge is 0.311 e. The first-order valence-electron chi connectivity index (χ1n) is 27.3. The molecule has 9 aromatic carbocycles. The second-order valence-corrected chi connectivity index (χ2v) is 26.0. The topological polar surface area (TPSA) is 6.48 Å². The van der Waals surface area contributed by atoms with Crippen LogP contribution in [0.25, 0.3) is 44.5 Å². The average Bonchev–Trinajstić information content (AvgIpc) is 4.18. The lowest BCUT2D eigenvalue weighted by Gasteiger charge is -2.44. The SMILES string of the molecule is Cc1cc2c3c(c1)N(c1ccc(C(C)(C)C)cc1)c1c(sc4c1-c1ccccc1C41c4ccccc4-c4ccccc41)B3c1ccc(-c3cc(C(C)(C)C)ccc3-c3ccccc3)cc1N2c1ccc(C(C)(C)C)cc1. The summed E-state index contributed by atoms with van der Waals surface area (Å²) in [5.41, 5.74) is 29.2. The van der Waals surface area contributed by atoms with Gasteiger partial charge in [0.15, 0.2) is 0 Å². The van der Waals surface area contributed by atoms with Crippen molar-refractivity contribution in [3.05, 3.63) is 244 Å². The van der Waals surface area contributed by atoms with E-state index in [1.807, 2.05) is 0 Å². The molecule has 0 atom stereocenters. The monoisotopic (exact) mass is 998 g/mol. The summed E-state index contributed by atoms with van der Waals surface area (Å²) in [5.74, 6) is 0. The molecule has 3 heterocycles. The Morgan fingerprint density at radius 1 is 0.408 bits per heavy atom. The highest BCUT2D eigenvalue weighted by Crippen LogP contribution is 2.67. The maximum absolute atomic E-state index is 2.67. The first-order valence-corrected chi connectivity index (χ1v) is 28.1. The third-order valence-corrected chi connectivity index (χ3v) is 18.5. The molecule has 2 nitrogen and oxygen atoms in total. The maximum Gasteiger partial charge on any atom is 0.264 e. The molecule has 10 aromatic rings. The molecule has 0 bridgehead atoms. The van der Waals surface area contributed by atoms with Crippen molar-refractivity contribution in [2.75, 3.05) is 9.80 Å². The van der Waals surface area contributed by atoms with Crippen molar-refractivity contribution in [1.29, 1.82) is 0 Å². The van der Waals surface area contributed by atoms with E-state index in [0.717, 1.165) is 5.69 Å². The number of nitrogens with zero attached hydrogens (tertiary/aromatic N) is 2. The summed E-state index contributed by atoms with van der Waals surface area (Å²) in [6.45, 7) is 23.1. The molecule has 0 saturated carbocycles. The van der Waals surface area contributed by atoms with Crippen LogP contribution >= 0.6 is 11.3 Å². The Morgan fingerprint density at radius 3 is 1.49 bits per heavy atom. The fourth-order valence-corrected chi connectivity index (χ4v) is 15.1. The van der Waals surface area contributed by atoms with Gasteiger partial charge in [-0.2, -0.15) is 0 Å². The molecule has 0 saturated heterocycles. The lowest BCUT2D eigenvalue weighted by molar-refractivity contribution is 0.590. The van der Waals surface area contributed by atoms with E-state index < -0.39 is 5.41 Å². The van der Waals surface area contributed by atoms with E-state index in [9.17, 15) is 0 Å². The summed E-state index contributed by atoms with van der Waals surface area (Å²) in [4.78, 5) is 6.70. The Kier molecular flexibility index (Phi) is 10.1. The van der Waals surface area contributed by atoms with Gasteiger partial charge < -0.3 is 9.80 Å². The van der Waals surface area contributed by atoms with Gasteiger partial charge in [-0.05, 0) is 154 Å². The molecule has 1 spiro atoms. The number of hydrogen-bond acceptors (Lipinski definition) is 3. The molecule has 0 N–H and O–H groups in total. The van der Waals surface area contributed by atoms with Crippen LogP contribution in [0.4, 0.5) is 34.1 Å². The normalized spacial score (nSPS) is 14.5. The molecule has 76 heavy (non-hydrogen) atoms. The minimum Gasteiger partial charge on any atom is -0.311 e. The lowest BCUT2D eigenvalue weighted by Crippen LogP contribution is -2.60. The van der Waals surface area contributed by atoms with Crippen LogP contribution in [0.3, 0.4) is 0 Å². The number of thiophene rings is 1. The minimum absolute atomic E-state index is 0.0128. The first-order chi connectivity index (χ1) is 36.5. The highest BCUT2D eigenvalue weighted by molar-refractivity contribution is 7.30. The van der Waals surface area contributed by atoms with Crippen molar-refractivity contribution in [3.63, 3.8) is 0 Å². The van der Waals surface area contributed by atoms with Crippen LogP contribution in [0.1, 0.15) is 106 Å². The van der Waals surface area contributed by atoms with Crippen molar-refractivity contribution in [2.24, 2.45) is 0 Å². The second kappa shape index (κ2) is 16.4. The molecule has 4 aliphatic rings. The number of rotatable bonds is 4. The fraction of sp³-hybridized carbons (Fsp3) is 0.194. The van der Waals surface area contributed by atoms with Gasteiger partial charge in [0.05, 0.1) is 11.1 Å². The van der Waals surface area contributed by atoms with Gasteiger partial charge in [-0.15, -0.1) is 11.3 Å². The van der Waals surface area contributed by atoms with Gasteiger partial charge >= 0.3 is 0 Å². The van der Waals surface area contributed by atoms with Crippen LogP contribution in [-0.4, -0.2) is 6.71 Å². The summed E-state index contributed by atoms with van der Waals surface area (Å²) >= 11 is 2.06. The van der Waals surface area contributed by atoms with E-state index in [0.29, 0.717) is 0 Å². The van der Waals surface area contributed by atoms with Crippen molar-refractivity contribution >= 4 is 67.9 Å². The molecule has 0 amide bonds. The summed E-state index contributed by atoms with van der Waals surface area (Å²) in [5, 5.41) is 0. The predicted octanol–water partition coefficient (Wildman–Crippen LogP) is 17.7. The van der Waals surface area contributed by atoms with Crippen molar-refractivity contribution in [1.82, 2.24) is 0 Å². The Morgan fingerprint density at radius 2 is 0.908 bits per heavy atom. The molecule has 0 radical (unpaired) electrons. The van der Waals surface area contributed by atoms with Gasteiger partial charge in [0.25, 0.3) is 6.71 Å². The molecule has 0 unspecified atom stereocenters. The van der Waals surface area contributed by atoms with E-state index in [1.54, 1.807) is 0 Å². The Balaban J connectivity index is 1.10. The van der Waals surface area contributed by atoms with E-state index in [-0.39, 0.29) is 23.0 Å². The molecule has 4 heteroatoms. The van der Waals surface area contributed by atoms with Crippen molar-refractivity contribution < 1.29 is 0 Å². The molecule has 14 rings (SSSR count). The van der Waals surface area contributed by atoms with Gasteiger partial charge in [0, 0.05) is 43.7 Å². The number of fused-ring (bicyclic) bond motifs is 15. The summed E-state index contributed by atoms with van der Waals surface area (Å²) in [7, 11) is 0. The van der Waals surface area contributed by atoms with Crippen molar-refractivity contribution in [2.45, 2.75) is 90.9 Å². The standard InChI is InChI=1S/C72H63BN2S/c1-44-40-62-65-63(41-44)75(51-36-31-48(32-37-51)70(5,6)7)66-64-55-24-16-19-27-59(55)72(57-25-17-14-22-53(57)54-23-15-18-26-58(54)72)67(64)76-68(66)73(65)60-39-28-46(42-61(60)74(62)50-34-29-47(30-35-50)69(2,3)4)56-43-49(71(8,9)10)33-38-52(56)45-20-12-11-13-21-45/h11-43H,1-10H3. The van der Waals surface area contributed by atoms with E-state index in [1.165, 1.54) is 132 Å². The molecule has 2 aliphatic heterocycles. The average molecular weight is 999 g/mol. The maximum atomic E-state index is 2.67. The Hall–Kier alpha value is -7.66. The molecular formula is C72H63BN2S. The third kappa shape index (κ3) is 6.72. The van der Waals surface area contributed by atoms with Gasteiger partial charge in [-0.25, -0.2) is 0 Å². The zero-order chi connectivity index (χ0) is 52.2. The molecule has 2 aliphatic carbocycles. The Labute approximate surface area is 454 Å². The molecule has 370 valence electrons. The number of benzene rings is 9. The van der Waals surface area contributed by atoms with Gasteiger partial charge in [0.1, 0.15) is 0 Å². The number of hydrogen-bond donors (Lipinski definition) is 0. The molecular weight excluding hydrogens is 936 g/mol. The lowest BCUT2D eigenvalue weighted by atomic mass is 9.36. The van der Waals surface area contributed by atoms with Crippen LogP contribution < -0.4 is 25.5 Å².